The molecule has 5 rings (SSSR count). The molecule has 0 fully saturated rings. The number of anilines is 3. The van der Waals surface area contributed by atoms with E-state index in [1.807, 2.05) is 11.0 Å². The SMILES string of the molecule is CNc1ncc2c(n1)N1CCN=C1C(c1ccc(F)c(C(=O)Nc3cccc(Cl)c3)c1)=C2. The molecule has 2 aliphatic rings. The first-order chi connectivity index (χ1) is 15.5. The van der Waals surface area contributed by atoms with Crippen molar-refractivity contribution in [3.63, 3.8) is 0 Å². The second-order valence-corrected chi connectivity index (χ2v) is 7.73. The third-order valence-corrected chi connectivity index (χ3v) is 5.50. The van der Waals surface area contributed by atoms with Gasteiger partial charge < -0.3 is 15.5 Å². The quantitative estimate of drug-likeness (QED) is 0.620. The molecule has 0 spiro atoms. The van der Waals surface area contributed by atoms with Gasteiger partial charge in [0.15, 0.2) is 0 Å². The second kappa shape index (κ2) is 8.05. The maximum Gasteiger partial charge on any atom is 0.258 e. The fourth-order valence-electron chi connectivity index (χ4n) is 3.77. The number of hydrogen-bond donors (Lipinski definition) is 2. The van der Waals surface area contributed by atoms with E-state index in [-0.39, 0.29) is 5.56 Å². The zero-order valence-corrected chi connectivity index (χ0v) is 17.8. The molecule has 1 aromatic heterocycles. The number of benzene rings is 2. The van der Waals surface area contributed by atoms with Crippen LogP contribution >= 0.6 is 11.6 Å². The summed E-state index contributed by atoms with van der Waals surface area (Å²) in [4.78, 5) is 28.3. The fourth-order valence-corrected chi connectivity index (χ4v) is 3.96. The lowest BCUT2D eigenvalue weighted by Crippen LogP contribution is -2.32. The highest BCUT2D eigenvalue weighted by Gasteiger charge is 2.31. The van der Waals surface area contributed by atoms with Crippen molar-refractivity contribution < 1.29 is 9.18 Å². The first-order valence-electron chi connectivity index (χ1n) is 9.99. The van der Waals surface area contributed by atoms with Gasteiger partial charge in [-0.1, -0.05) is 23.7 Å². The molecule has 160 valence electrons. The predicted octanol–water partition coefficient (Wildman–Crippen LogP) is 4.34. The van der Waals surface area contributed by atoms with Gasteiger partial charge in [-0.05, 0) is 42.0 Å². The Morgan fingerprint density at radius 1 is 1.22 bits per heavy atom. The van der Waals surface area contributed by atoms with Crippen LogP contribution < -0.4 is 15.5 Å². The Balaban J connectivity index is 1.53. The molecule has 9 heteroatoms. The Hall–Kier alpha value is -3.78. The Bertz CT molecular complexity index is 1310. The van der Waals surface area contributed by atoms with Gasteiger partial charge in [-0.3, -0.25) is 9.79 Å². The first kappa shape index (κ1) is 20.1. The molecule has 0 saturated carbocycles. The van der Waals surface area contributed by atoms with Crippen molar-refractivity contribution in [1.29, 1.82) is 0 Å². The van der Waals surface area contributed by atoms with Gasteiger partial charge in [0.2, 0.25) is 5.95 Å². The van der Waals surface area contributed by atoms with Gasteiger partial charge in [-0.15, -0.1) is 0 Å². The summed E-state index contributed by atoms with van der Waals surface area (Å²) in [5.74, 6) is 0.859. The number of aromatic nitrogens is 2. The van der Waals surface area contributed by atoms with Crippen LogP contribution in [-0.4, -0.2) is 41.8 Å². The van der Waals surface area contributed by atoms with Gasteiger partial charge in [0.05, 0.1) is 12.1 Å². The van der Waals surface area contributed by atoms with Crippen LogP contribution in [0.2, 0.25) is 5.02 Å². The molecule has 3 heterocycles. The minimum absolute atomic E-state index is 0.0684. The van der Waals surface area contributed by atoms with E-state index >= 15 is 0 Å². The third kappa shape index (κ3) is 3.58. The van der Waals surface area contributed by atoms with Crippen molar-refractivity contribution in [2.24, 2.45) is 4.99 Å². The van der Waals surface area contributed by atoms with E-state index < -0.39 is 11.7 Å². The highest BCUT2D eigenvalue weighted by atomic mass is 35.5. The molecule has 0 radical (unpaired) electrons. The number of aliphatic imine (C=N–C) groups is 1. The standard InChI is InChI=1S/C23H18ClFN6O/c1-26-23-28-12-14-10-17(21-27-7-8-31(21)20(14)30-23)13-5-6-19(25)18(9-13)22(32)29-16-4-2-3-15(24)11-16/h2-6,9-12H,7-8H2,1H3,(H,29,32)(H,26,28,30). The van der Waals surface area contributed by atoms with E-state index in [0.29, 0.717) is 35.3 Å². The third-order valence-electron chi connectivity index (χ3n) is 5.26. The molecule has 32 heavy (non-hydrogen) atoms. The zero-order chi connectivity index (χ0) is 22.2. The molecule has 1 amide bonds. The Labute approximate surface area is 188 Å². The van der Waals surface area contributed by atoms with Gasteiger partial charge in [-0.2, -0.15) is 4.98 Å². The molecule has 2 aromatic carbocycles. The van der Waals surface area contributed by atoms with E-state index in [1.165, 1.54) is 12.1 Å². The van der Waals surface area contributed by atoms with E-state index in [4.69, 9.17) is 11.6 Å². The molecule has 0 aliphatic carbocycles. The summed E-state index contributed by atoms with van der Waals surface area (Å²) in [6.45, 7) is 1.30. The van der Waals surface area contributed by atoms with Gasteiger partial charge >= 0.3 is 0 Å². The van der Waals surface area contributed by atoms with Crippen molar-refractivity contribution >= 4 is 52.4 Å². The van der Waals surface area contributed by atoms with Crippen LogP contribution in [0.4, 0.5) is 21.8 Å². The monoisotopic (exact) mass is 448 g/mol. The minimum atomic E-state index is -0.614. The number of rotatable bonds is 4. The van der Waals surface area contributed by atoms with Crippen molar-refractivity contribution in [2.45, 2.75) is 0 Å². The minimum Gasteiger partial charge on any atom is -0.357 e. The summed E-state index contributed by atoms with van der Waals surface area (Å²) in [6, 6.07) is 11.2. The number of carbonyl (C=O) groups excluding carboxylic acids is 1. The largest absolute Gasteiger partial charge is 0.357 e. The molecule has 2 N–H and O–H groups in total. The molecule has 0 unspecified atom stereocenters. The Kier molecular flexibility index (Phi) is 5.07. The predicted molar refractivity (Wildman–Crippen MR) is 125 cm³/mol. The summed E-state index contributed by atoms with van der Waals surface area (Å²) in [5, 5.41) is 6.12. The van der Waals surface area contributed by atoms with Crippen LogP contribution in [0.25, 0.3) is 11.6 Å². The maximum absolute atomic E-state index is 14.6. The molecule has 3 aromatic rings. The number of carbonyl (C=O) groups is 1. The summed E-state index contributed by atoms with van der Waals surface area (Å²) >= 11 is 5.98. The summed E-state index contributed by atoms with van der Waals surface area (Å²) in [7, 11) is 1.76. The summed E-state index contributed by atoms with van der Waals surface area (Å²) in [5.41, 5.74) is 2.71. The molecule has 0 bridgehead atoms. The highest BCUT2D eigenvalue weighted by Crippen LogP contribution is 2.35. The fraction of sp³-hybridized carbons (Fsp3) is 0.130. The van der Waals surface area contributed by atoms with Crippen molar-refractivity contribution in [2.75, 3.05) is 35.7 Å². The van der Waals surface area contributed by atoms with Gasteiger partial charge in [0.25, 0.3) is 5.91 Å². The average molecular weight is 449 g/mol. The van der Waals surface area contributed by atoms with E-state index in [9.17, 15) is 9.18 Å². The lowest BCUT2D eigenvalue weighted by molar-refractivity contribution is 0.102. The second-order valence-electron chi connectivity index (χ2n) is 7.30. The van der Waals surface area contributed by atoms with E-state index in [2.05, 4.69) is 25.6 Å². The molecular formula is C23H18ClFN6O. The number of nitrogens with one attached hydrogen (secondary N) is 2. The van der Waals surface area contributed by atoms with Crippen molar-refractivity contribution in [3.8, 4) is 0 Å². The number of amides is 1. The summed E-state index contributed by atoms with van der Waals surface area (Å²) in [6.07, 6.45) is 3.65. The normalized spacial score (nSPS) is 14.3. The molecular weight excluding hydrogens is 431 g/mol. The molecule has 2 aliphatic heterocycles. The van der Waals surface area contributed by atoms with Gasteiger partial charge in [-0.25, -0.2) is 9.37 Å². The summed E-state index contributed by atoms with van der Waals surface area (Å²) < 4.78 is 14.6. The van der Waals surface area contributed by atoms with Gasteiger partial charge in [0, 0.05) is 41.6 Å². The Morgan fingerprint density at radius 3 is 2.91 bits per heavy atom. The van der Waals surface area contributed by atoms with Crippen molar-refractivity contribution in [3.05, 3.63) is 76.2 Å². The zero-order valence-electron chi connectivity index (χ0n) is 17.1. The lowest BCUT2D eigenvalue weighted by atomic mass is 9.96. The van der Waals surface area contributed by atoms with Crippen LogP contribution in [-0.2, 0) is 0 Å². The number of fused-ring (bicyclic) bond motifs is 3. The van der Waals surface area contributed by atoms with Crippen LogP contribution in [0.3, 0.4) is 0 Å². The maximum atomic E-state index is 14.6. The lowest BCUT2D eigenvalue weighted by Gasteiger charge is -2.27. The molecule has 0 atom stereocenters. The number of hydrogen-bond acceptors (Lipinski definition) is 6. The molecule has 0 saturated heterocycles. The van der Waals surface area contributed by atoms with Crippen LogP contribution in [0, 0.1) is 5.82 Å². The van der Waals surface area contributed by atoms with Crippen LogP contribution in [0.5, 0.6) is 0 Å². The van der Waals surface area contributed by atoms with Gasteiger partial charge in [0.1, 0.15) is 17.5 Å². The Morgan fingerprint density at radius 2 is 2.09 bits per heavy atom. The van der Waals surface area contributed by atoms with E-state index in [1.54, 1.807) is 43.6 Å². The first-order valence-corrected chi connectivity index (χ1v) is 10.4. The number of halogens is 2. The number of amidine groups is 1. The van der Waals surface area contributed by atoms with Crippen LogP contribution in [0.1, 0.15) is 21.5 Å². The highest BCUT2D eigenvalue weighted by molar-refractivity contribution is 6.35. The number of nitrogens with zero attached hydrogens (tertiary/aromatic N) is 4. The topological polar surface area (TPSA) is 82.5 Å². The smallest absolute Gasteiger partial charge is 0.258 e. The van der Waals surface area contributed by atoms with E-state index in [0.717, 1.165) is 22.8 Å². The molecule has 7 nitrogen and oxygen atoms in total. The van der Waals surface area contributed by atoms with Crippen LogP contribution in [0.15, 0.2) is 53.7 Å². The van der Waals surface area contributed by atoms with Crippen molar-refractivity contribution in [1.82, 2.24) is 9.97 Å². The average Bonchev–Trinajstić information content (AvgIpc) is 3.29.